The smallest absolute Gasteiger partial charge is 0.239 e. The van der Waals surface area contributed by atoms with Gasteiger partial charge in [0, 0.05) is 13.2 Å². The van der Waals surface area contributed by atoms with Crippen LogP contribution in [0.25, 0.3) is 0 Å². The summed E-state index contributed by atoms with van der Waals surface area (Å²) in [4.78, 5) is 11.1. The average molecular weight is 160 g/mol. The molecule has 0 atom stereocenters. The highest BCUT2D eigenvalue weighted by atomic mass is 16.5. The molecule has 0 bridgehead atoms. The van der Waals surface area contributed by atoms with Gasteiger partial charge in [0.2, 0.25) is 5.91 Å². The number of rotatable bonds is 4. The molecule has 0 aromatic heterocycles. The summed E-state index contributed by atoms with van der Waals surface area (Å²) in [7, 11) is 1.56. The molecule has 0 fully saturated rings. The third-order valence-electron chi connectivity index (χ3n) is 1.36. The summed E-state index contributed by atoms with van der Waals surface area (Å²) in [5.74, 6) is 5.35. The Morgan fingerprint density at radius 2 is 2.18 bits per heavy atom. The molecule has 0 radical (unpaired) electrons. The zero-order valence-electron chi connectivity index (χ0n) is 7.33. The Morgan fingerprint density at radius 3 is 2.55 bits per heavy atom. The normalized spacial score (nSPS) is 10.3. The van der Waals surface area contributed by atoms with E-state index in [9.17, 15) is 4.79 Å². The van der Waals surface area contributed by atoms with E-state index in [-0.39, 0.29) is 11.9 Å². The van der Waals surface area contributed by atoms with Gasteiger partial charge in [0.05, 0.1) is 13.0 Å². The molecular weight excluding hydrogens is 144 g/mol. The van der Waals surface area contributed by atoms with Crippen LogP contribution in [0, 0.1) is 0 Å². The lowest BCUT2D eigenvalue weighted by Crippen LogP contribution is -2.42. The fraction of sp³-hybridized carbons (Fsp3) is 0.857. The van der Waals surface area contributed by atoms with Crippen molar-refractivity contribution in [1.82, 2.24) is 5.01 Å². The van der Waals surface area contributed by atoms with E-state index < -0.39 is 0 Å². The van der Waals surface area contributed by atoms with Crippen molar-refractivity contribution >= 4 is 5.91 Å². The zero-order chi connectivity index (χ0) is 8.85. The summed E-state index contributed by atoms with van der Waals surface area (Å²) in [5.41, 5.74) is 0. The molecule has 0 saturated carbocycles. The molecule has 0 rings (SSSR count). The number of amides is 1. The molecule has 1 amide bonds. The molecule has 0 aliphatic rings. The van der Waals surface area contributed by atoms with E-state index in [1.807, 2.05) is 13.8 Å². The molecule has 0 aromatic carbocycles. The van der Waals surface area contributed by atoms with Crippen LogP contribution in [0.2, 0.25) is 0 Å². The number of ether oxygens (including phenoxy) is 1. The Labute approximate surface area is 67.3 Å². The standard InChI is InChI=1S/C7H16N2O2/c1-6(2)9(8)7(10)4-5-11-3/h6H,4-5,8H2,1-3H3. The number of methoxy groups -OCH3 is 1. The summed E-state index contributed by atoms with van der Waals surface area (Å²) in [6.45, 7) is 4.16. The fourth-order valence-electron chi connectivity index (χ4n) is 0.606. The van der Waals surface area contributed by atoms with E-state index in [0.717, 1.165) is 0 Å². The van der Waals surface area contributed by atoms with Gasteiger partial charge in [0.15, 0.2) is 0 Å². The first-order chi connectivity index (χ1) is 5.09. The Bertz CT molecular complexity index is 126. The number of hydrogen-bond donors (Lipinski definition) is 1. The maximum atomic E-state index is 11.1. The van der Waals surface area contributed by atoms with E-state index in [4.69, 9.17) is 10.6 Å². The quantitative estimate of drug-likeness (QED) is 0.361. The minimum atomic E-state index is -0.0816. The van der Waals surface area contributed by atoms with Gasteiger partial charge in [-0.3, -0.25) is 9.80 Å². The lowest BCUT2D eigenvalue weighted by Gasteiger charge is -2.20. The molecule has 4 heteroatoms. The zero-order valence-corrected chi connectivity index (χ0v) is 7.33. The number of hydrogen-bond acceptors (Lipinski definition) is 3. The highest BCUT2D eigenvalue weighted by Gasteiger charge is 2.11. The van der Waals surface area contributed by atoms with Gasteiger partial charge >= 0.3 is 0 Å². The predicted molar refractivity (Wildman–Crippen MR) is 42.7 cm³/mol. The largest absolute Gasteiger partial charge is 0.384 e. The summed E-state index contributed by atoms with van der Waals surface area (Å²) in [6.07, 6.45) is 0.352. The first kappa shape index (κ1) is 10.4. The number of hydrazine groups is 1. The number of nitrogens with two attached hydrogens (primary N) is 1. The Hall–Kier alpha value is -0.610. The molecule has 0 unspecified atom stereocenters. The minimum absolute atomic E-state index is 0.0550. The molecule has 0 saturated heterocycles. The summed E-state index contributed by atoms with van der Waals surface area (Å²) < 4.78 is 4.74. The summed E-state index contributed by atoms with van der Waals surface area (Å²) in [6, 6.07) is 0.0550. The van der Waals surface area contributed by atoms with Gasteiger partial charge in [-0.2, -0.15) is 0 Å². The van der Waals surface area contributed by atoms with Crippen molar-refractivity contribution in [2.75, 3.05) is 13.7 Å². The van der Waals surface area contributed by atoms with Crippen molar-refractivity contribution in [2.24, 2.45) is 5.84 Å². The molecule has 66 valence electrons. The third-order valence-corrected chi connectivity index (χ3v) is 1.36. The fourth-order valence-corrected chi connectivity index (χ4v) is 0.606. The van der Waals surface area contributed by atoms with E-state index in [0.29, 0.717) is 13.0 Å². The maximum Gasteiger partial charge on any atom is 0.239 e. The van der Waals surface area contributed by atoms with Gasteiger partial charge in [0.25, 0.3) is 0 Å². The summed E-state index contributed by atoms with van der Waals surface area (Å²) >= 11 is 0. The van der Waals surface area contributed by atoms with Crippen LogP contribution in [0.15, 0.2) is 0 Å². The van der Waals surface area contributed by atoms with E-state index >= 15 is 0 Å². The molecule has 0 aliphatic heterocycles. The van der Waals surface area contributed by atoms with Crippen LogP contribution >= 0.6 is 0 Å². The molecule has 0 aliphatic carbocycles. The number of nitrogens with zero attached hydrogens (tertiary/aromatic N) is 1. The number of carbonyl (C=O) groups is 1. The lowest BCUT2D eigenvalue weighted by molar-refractivity contribution is -0.134. The van der Waals surface area contributed by atoms with Crippen LogP contribution < -0.4 is 5.84 Å². The molecule has 0 heterocycles. The number of carbonyl (C=O) groups excluding carboxylic acids is 1. The van der Waals surface area contributed by atoms with E-state index in [1.165, 1.54) is 5.01 Å². The highest BCUT2D eigenvalue weighted by molar-refractivity contribution is 5.75. The van der Waals surface area contributed by atoms with Gasteiger partial charge < -0.3 is 4.74 Å². The van der Waals surface area contributed by atoms with E-state index in [1.54, 1.807) is 7.11 Å². The average Bonchev–Trinajstić information content (AvgIpc) is 1.98. The highest BCUT2D eigenvalue weighted by Crippen LogP contribution is 1.94. The van der Waals surface area contributed by atoms with Crippen molar-refractivity contribution < 1.29 is 9.53 Å². The maximum absolute atomic E-state index is 11.1. The molecule has 0 aromatic rings. The van der Waals surface area contributed by atoms with Gasteiger partial charge in [-0.05, 0) is 13.8 Å². The van der Waals surface area contributed by atoms with Crippen molar-refractivity contribution in [3.8, 4) is 0 Å². The predicted octanol–water partition coefficient (Wildman–Crippen LogP) is 0.134. The van der Waals surface area contributed by atoms with Crippen molar-refractivity contribution in [2.45, 2.75) is 26.3 Å². The lowest BCUT2D eigenvalue weighted by atomic mass is 10.3. The van der Waals surface area contributed by atoms with Gasteiger partial charge in [-0.15, -0.1) is 0 Å². The second-order valence-electron chi connectivity index (χ2n) is 2.64. The van der Waals surface area contributed by atoms with E-state index in [2.05, 4.69) is 0 Å². The van der Waals surface area contributed by atoms with Gasteiger partial charge in [-0.25, -0.2) is 5.84 Å². The van der Waals surface area contributed by atoms with Gasteiger partial charge in [-0.1, -0.05) is 0 Å². The van der Waals surface area contributed by atoms with Crippen LogP contribution in [0.1, 0.15) is 20.3 Å². The Balaban J connectivity index is 3.64. The van der Waals surface area contributed by atoms with Crippen molar-refractivity contribution in [1.29, 1.82) is 0 Å². The van der Waals surface area contributed by atoms with Gasteiger partial charge in [0.1, 0.15) is 0 Å². The first-order valence-electron chi connectivity index (χ1n) is 3.65. The first-order valence-corrected chi connectivity index (χ1v) is 3.65. The van der Waals surface area contributed by atoms with Crippen LogP contribution in [-0.4, -0.2) is 30.7 Å². The SMILES string of the molecule is COCCC(=O)N(N)C(C)C. The molecule has 11 heavy (non-hydrogen) atoms. The Morgan fingerprint density at radius 1 is 1.64 bits per heavy atom. The second kappa shape index (κ2) is 5.09. The topological polar surface area (TPSA) is 55.6 Å². The Kier molecular flexibility index (Phi) is 4.81. The second-order valence-corrected chi connectivity index (χ2v) is 2.64. The van der Waals surface area contributed by atoms with Crippen molar-refractivity contribution in [3.05, 3.63) is 0 Å². The van der Waals surface area contributed by atoms with Crippen LogP contribution in [0.5, 0.6) is 0 Å². The van der Waals surface area contributed by atoms with Crippen LogP contribution in [0.4, 0.5) is 0 Å². The van der Waals surface area contributed by atoms with Crippen LogP contribution in [-0.2, 0) is 9.53 Å². The van der Waals surface area contributed by atoms with Crippen molar-refractivity contribution in [3.63, 3.8) is 0 Å². The molecule has 4 nitrogen and oxygen atoms in total. The summed E-state index contributed by atoms with van der Waals surface area (Å²) in [5, 5.41) is 1.22. The molecule has 2 N–H and O–H groups in total. The molecule has 0 spiro atoms. The third kappa shape index (κ3) is 3.95. The molecular formula is C7H16N2O2. The monoisotopic (exact) mass is 160 g/mol. The minimum Gasteiger partial charge on any atom is -0.384 e. The van der Waals surface area contributed by atoms with Crippen LogP contribution in [0.3, 0.4) is 0 Å².